The van der Waals surface area contributed by atoms with E-state index < -0.39 is 0 Å². The van der Waals surface area contributed by atoms with Gasteiger partial charge in [-0.25, -0.2) is 0 Å². The molecular weight excluding hydrogens is 306 g/mol. The molecule has 0 spiro atoms. The molecule has 1 aromatic carbocycles. The van der Waals surface area contributed by atoms with Gasteiger partial charge in [-0.05, 0) is 48.9 Å². The zero-order chi connectivity index (χ0) is 16.8. The summed E-state index contributed by atoms with van der Waals surface area (Å²) in [5, 5.41) is 3.87. The minimum Gasteiger partial charge on any atom is -0.496 e. The molecule has 0 unspecified atom stereocenters. The number of benzene rings is 1. The van der Waals surface area contributed by atoms with Gasteiger partial charge in [0, 0.05) is 23.1 Å². The zero-order valence-corrected chi connectivity index (χ0v) is 15.6. The molecule has 1 amide bonds. The second-order valence-corrected chi connectivity index (χ2v) is 8.01. The molecular formula is C19H29NO2S. The van der Waals surface area contributed by atoms with Crippen molar-refractivity contribution < 1.29 is 9.53 Å². The lowest BCUT2D eigenvalue weighted by molar-refractivity contribution is 0.0955. The van der Waals surface area contributed by atoms with Crippen LogP contribution >= 0.6 is 11.8 Å². The predicted octanol–water partition coefficient (Wildman–Crippen LogP) is 4.53. The van der Waals surface area contributed by atoms with E-state index in [1.807, 2.05) is 30.8 Å². The van der Waals surface area contributed by atoms with Crippen molar-refractivity contribution in [3.05, 3.63) is 28.8 Å². The van der Waals surface area contributed by atoms with E-state index >= 15 is 0 Å². The molecule has 1 aliphatic rings. The Morgan fingerprint density at radius 2 is 2.04 bits per heavy atom. The predicted molar refractivity (Wildman–Crippen MR) is 98.9 cm³/mol. The van der Waals surface area contributed by atoms with Crippen LogP contribution in [0.4, 0.5) is 0 Å². The summed E-state index contributed by atoms with van der Waals surface area (Å²) in [6.07, 6.45) is 5.42. The number of thioether (sulfide) groups is 1. The molecule has 0 heterocycles. The second kappa shape index (κ2) is 8.62. The van der Waals surface area contributed by atoms with Crippen LogP contribution < -0.4 is 10.1 Å². The molecule has 1 aromatic rings. The number of nitrogens with one attached hydrogen (secondary N) is 1. The van der Waals surface area contributed by atoms with Gasteiger partial charge in [-0.15, -0.1) is 0 Å². The van der Waals surface area contributed by atoms with E-state index in [-0.39, 0.29) is 5.91 Å². The van der Waals surface area contributed by atoms with E-state index in [1.54, 1.807) is 7.11 Å². The Bertz CT molecular complexity index is 536. The molecule has 23 heavy (non-hydrogen) atoms. The van der Waals surface area contributed by atoms with Gasteiger partial charge < -0.3 is 10.1 Å². The second-order valence-electron chi connectivity index (χ2n) is 6.60. The molecule has 0 atom stereocenters. The summed E-state index contributed by atoms with van der Waals surface area (Å²) in [5.41, 5.74) is 2.82. The molecule has 1 N–H and O–H groups in total. The Balaban J connectivity index is 1.94. The maximum Gasteiger partial charge on any atom is 0.251 e. The Kier molecular flexibility index (Phi) is 6.82. The zero-order valence-electron chi connectivity index (χ0n) is 14.8. The third kappa shape index (κ3) is 4.90. The van der Waals surface area contributed by atoms with Crippen molar-refractivity contribution >= 4 is 17.7 Å². The average molecular weight is 336 g/mol. The van der Waals surface area contributed by atoms with Gasteiger partial charge in [0.05, 0.1) is 7.11 Å². The van der Waals surface area contributed by atoms with Crippen LogP contribution in [-0.4, -0.2) is 30.6 Å². The highest BCUT2D eigenvalue weighted by Gasteiger charge is 2.17. The summed E-state index contributed by atoms with van der Waals surface area (Å²) < 4.78 is 5.44. The van der Waals surface area contributed by atoms with Gasteiger partial charge in [-0.2, -0.15) is 11.8 Å². The van der Waals surface area contributed by atoms with Gasteiger partial charge in [0.25, 0.3) is 5.91 Å². The van der Waals surface area contributed by atoms with Crippen LogP contribution in [0.3, 0.4) is 0 Å². The summed E-state index contributed by atoms with van der Waals surface area (Å²) in [6.45, 7) is 6.94. The van der Waals surface area contributed by atoms with Crippen LogP contribution in [0.15, 0.2) is 12.1 Å². The van der Waals surface area contributed by atoms with E-state index in [0.717, 1.165) is 40.0 Å². The Labute approximate surface area is 144 Å². The maximum absolute atomic E-state index is 12.5. The van der Waals surface area contributed by atoms with Crippen LogP contribution in [0, 0.1) is 6.92 Å². The summed E-state index contributed by atoms with van der Waals surface area (Å²) >= 11 is 2.00. The molecule has 2 rings (SSSR count). The minimum atomic E-state index is 0.0269. The topological polar surface area (TPSA) is 38.3 Å². The van der Waals surface area contributed by atoms with Gasteiger partial charge in [0.15, 0.2) is 0 Å². The van der Waals surface area contributed by atoms with Crippen molar-refractivity contribution in [2.24, 2.45) is 0 Å². The molecule has 0 aliphatic heterocycles. The molecule has 1 aliphatic carbocycles. The molecule has 1 saturated carbocycles. The first-order valence-corrected chi connectivity index (χ1v) is 9.66. The van der Waals surface area contributed by atoms with Crippen LogP contribution in [0.5, 0.6) is 5.75 Å². The normalized spacial score (nSPS) is 15.2. The van der Waals surface area contributed by atoms with Gasteiger partial charge in [-0.1, -0.05) is 26.7 Å². The Hall–Kier alpha value is -1.16. The summed E-state index contributed by atoms with van der Waals surface area (Å²) in [7, 11) is 1.68. The van der Waals surface area contributed by atoms with Crippen molar-refractivity contribution in [3.63, 3.8) is 0 Å². The molecule has 0 radical (unpaired) electrons. The summed E-state index contributed by atoms with van der Waals surface area (Å²) in [4.78, 5) is 12.5. The molecule has 3 nitrogen and oxygen atoms in total. The third-order valence-electron chi connectivity index (χ3n) is 4.49. The molecule has 4 heteroatoms. The number of amides is 1. The highest BCUT2D eigenvalue weighted by Crippen LogP contribution is 2.30. The Morgan fingerprint density at radius 1 is 1.35 bits per heavy atom. The van der Waals surface area contributed by atoms with E-state index in [0.29, 0.717) is 5.92 Å². The van der Waals surface area contributed by atoms with Gasteiger partial charge in [0.1, 0.15) is 5.75 Å². The minimum absolute atomic E-state index is 0.0269. The SMILES string of the molecule is COc1cc(C)c(C(=O)NCCSC2CCCC2)cc1C(C)C. The Morgan fingerprint density at radius 3 is 2.65 bits per heavy atom. The van der Waals surface area contributed by atoms with Crippen molar-refractivity contribution in [2.75, 3.05) is 19.4 Å². The smallest absolute Gasteiger partial charge is 0.251 e. The van der Waals surface area contributed by atoms with E-state index in [4.69, 9.17) is 4.74 Å². The fourth-order valence-electron chi connectivity index (χ4n) is 3.11. The van der Waals surface area contributed by atoms with Crippen molar-refractivity contribution in [2.45, 2.75) is 57.6 Å². The first-order valence-electron chi connectivity index (χ1n) is 8.61. The standard InChI is InChI=1S/C19H29NO2S/c1-13(2)16-12-17(14(3)11-18(16)22-4)19(21)20-9-10-23-15-7-5-6-8-15/h11-13,15H,5-10H2,1-4H3,(H,20,21). The average Bonchev–Trinajstić information content (AvgIpc) is 3.04. The van der Waals surface area contributed by atoms with E-state index in [2.05, 4.69) is 19.2 Å². The number of rotatable bonds is 7. The fraction of sp³-hybridized carbons (Fsp3) is 0.632. The van der Waals surface area contributed by atoms with Gasteiger partial charge in [-0.3, -0.25) is 4.79 Å². The fourth-order valence-corrected chi connectivity index (χ4v) is 4.33. The first-order chi connectivity index (χ1) is 11.0. The highest BCUT2D eigenvalue weighted by molar-refractivity contribution is 7.99. The summed E-state index contributed by atoms with van der Waals surface area (Å²) in [6, 6.07) is 3.95. The number of carbonyl (C=O) groups is 1. The molecule has 128 valence electrons. The van der Waals surface area contributed by atoms with Crippen LogP contribution in [0.2, 0.25) is 0 Å². The largest absolute Gasteiger partial charge is 0.496 e. The lowest BCUT2D eigenvalue weighted by atomic mass is 9.96. The van der Waals surface area contributed by atoms with E-state index in [9.17, 15) is 4.79 Å². The van der Waals surface area contributed by atoms with Gasteiger partial charge >= 0.3 is 0 Å². The monoisotopic (exact) mass is 335 g/mol. The lowest BCUT2D eigenvalue weighted by Gasteiger charge is -2.16. The number of methoxy groups -OCH3 is 1. The summed E-state index contributed by atoms with van der Waals surface area (Å²) in [5.74, 6) is 2.22. The van der Waals surface area contributed by atoms with Crippen LogP contribution in [-0.2, 0) is 0 Å². The first kappa shape index (κ1) is 18.2. The maximum atomic E-state index is 12.5. The molecule has 0 saturated heterocycles. The van der Waals surface area contributed by atoms with Crippen molar-refractivity contribution in [3.8, 4) is 5.75 Å². The van der Waals surface area contributed by atoms with Crippen LogP contribution in [0.25, 0.3) is 0 Å². The number of hydrogen-bond donors (Lipinski definition) is 1. The number of aryl methyl sites for hydroxylation is 1. The van der Waals surface area contributed by atoms with Crippen molar-refractivity contribution in [1.29, 1.82) is 0 Å². The number of hydrogen-bond acceptors (Lipinski definition) is 3. The lowest BCUT2D eigenvalue weighted by Crippen LogP contribution is -2.27. The third-order valence-corrected chi connectivity index (χ3v) is 5.87. The molecule has 0 bridgehead atoms. The number of ether oxygens (including phenoxy) is 1. The van der Waals surface area contributed by atoms with Gasteiger partial charge in [0.2, 0.25) is 0 Å². The molecule has 1 fully saturated rings. The van der Waals surface area contributed by atoms with Crippen molar-refractivity contribution in [1.82, 2.24) is 5.32 Å². The van der Waals surface area contributed by atoms with Crippen LogP contribution in [0.1, 0.15) is 66.9 Å². The number of carbonyl (C=O) groups excluding carboxylic acids is 1. The quantitative estimate of drug-likeness (QED) is 0.744. The highest BCUT2D eigenvalue weighted by atomic mass is 32.2. The van der Waals surface area contributed by atoms with E-state index in [1.165, 1.54) is 25.7 Å². The molecule has 0 aromatic heterocycles.